The molecular formula is C14H24N4. The van der Waals surface area contributed by atoms with Crippen LogP contribution in [0.15, 0.2) is 0 Å². The monoisotopic (exact) mass is 248 g/mol. The highest BCUT2D eigenvalue weighted by molar-refractivity contribution is 5.06. The average Bonchev–Trinajstić information content (AvgIpc) is 2.99. The van der Waals surface area contributed by atoms with Crippen LogP contribution in [0.1, 0.15) is 74.9 Å². The van der Waals surface area contributed by atoms with Gasteiger partial charge in [0.1, 0.15) is 5.82 Å². The molecule has 4 nitrogen and oxygen atoms in total. The van der Waals surface area contributed by atoms with Crippen molar-refractivity contribution in [1.29, 1.82) is 0 Å². The van der Waals surface area contributed by atoms with E-state index in [4.69, 9.17) is 10.7 Å². The fourth-order valence-corrected chi connectivity index (χ4v) is 3.51. The van der Waals surface area contributed by atoms with E-state index in [-0.39, 0.29) is 0 Å². The second-order valence-electron chi connectivity index (χ2n) is 6.04. The predicted molar refractivity (Wildman–Crippen MR) is 71.4 cm³/mol. The third-order valence-electron chi connectivity index (χ3n) is 4.67. The molecular weight excluding hydrogens is 224 g/mol. The van der Waals surface area contributed by atoms with E-state index in [0.29, 0.717) is 17.9 Å². The lowest BCUT2D eigenvalue weighted by atomic mass is 9.86. The van der Waals surface area contributed by atoms with Crippen molar-refractivity contribution in [1.82, 2.24) is 14.8 Å². The lowest BCUT2D eigenvalue weighted by Gasteiger charge is -2.25. The average molecular weight is 248 g/mol. The van der Waals surface area contributed by atoms with Gasteiger partial charge in [0.2, 0.25) is 0 Å². The summed E-state index contributed by atoms with van der Waals surface area (Å²) in [6.45, 7) is 0. The van der Waals surface area contributed by atoms with Crippen LogP contribution in [0.25, 0.3) is 0 Å². The van der Waals surface area contributed by atoms with Crippen molar-refractivity contribution in [2.24, 2.45) is 12.8 Å². The second kappa shape index (κ2) is 5.00. The fraction of sp³-hybridized carbons (Fsp3) is 0.857. The van der Waals surface area contributed by atoms with Crippen molar-refractivity contribution >= 4 is 0 Å². The maximum Gasteiger partial charge on any atom is 0.154 e. The molecule has 3 rings (SSSR count). The maximum atomic E-state index is 5.98. The van der Waals surface area contributed by atoms with E-state index < -0.39 is 0 Å². The standard InChI is InChI=1S/C14H24N4/c1-18-14(11-6-8-12(15)9-7-11)16-13(17-18)10-4-2-3-5-10/h10-12H,2-9,15H2,1H3. The first kappa shape index (κ1) is 12.2. The Morgan fingerprint density at radius 2 is 1.67 bits per heavy atom. The van der Waals surface area contributed by atoms with E-state index in [0.717, 1.165) is 18.7 Å². The highest BCUT2D eigenvalue weighted by Crippen LogP contribution is 2.35. The van der Waals surface area contributed by atoms with Gasteiger partial charge in [0.15, 0.2) is 5.82 Å². The quantitative estimate of drug-likeness (QED) is 0.874. The lowest BCUT2D eigenvalue weighted by Crippen LogP contribution is -2.26. The van der Waals surface area contributed by atoms with Crippen LogP contribution in [0.4, 0.5) is 0 Å². The molecule has 2 saturated carbocycles. The molecule has 2 aliphatic carbocycles. The molecule has 2 N–H and O–H groups in total. The van der Waals surface area contributed by atoms with Crippen LogP contribution in [-0.2, 0) is 7.05 Å². The molecule has 4 heteroatoms. The predicted octanol–water partition coefficient (Wildman–Crippen LogP) is 2.46. The third-order valence-corrected chi connectivity index (χ3v) is 4.67. The summed E-state index contributed by atoms with van der Waals surface area (Å²) in [4.78, 5) is 4.85. The van der Waals surface area contributed by atoms with E-state index in [1.54, 1.807) is 0 Å². The number of hydrogen-bond acceptors (Lipinski definition) is 3. The van der Waals surface area contributed by atoms with E-state index in [2.05, 4.69) is 12.1 Å². The molecule has 0 atom stereocenters. The fourth-order valence-electron chi connectivity index (χ4n) is 3.51. The Balaban J connectivity index is 1.75. The van der Waals surface area contributed by atoms with Crippen molar-refractivity contribution in [3.8, 4) is 0 Å². The van der Waals surface area contributed by atoms with Crippen LogP contribution in [0.5, 0.6) is 0 Å². The SMILES string of the molecule is Cn1nc(C2CCCC2)nc1C1CCC(N)CC1. The summed E-state index contributed by atoms with van der Waals surface area (Å²) >= 11 is 0. The smallest absolute Gasteiger partial charge is 0.154 e. The minimum atomic E-state index is 0.406. The van der Waals surface area contributed by atoms with Crippen LogP contribution >= 0.6 is 0 Å². The van der Waals surface area contributed by atoms with Crippen molar-refractivity contribution < 1.29 is 0 Å². The molecule has 1 aromatic heterocycles. The number of aromatic nitrogens is 3. The summed E-state index contributed by atoms with van der Waals surface area (Å²) < 4.78 is 2.02. The number of aryl methyl sites for hydroxylation is 1. The Morgan fingerprint density at radius 1 is 1.00 bits per heavy atom. The van der Waals surface area contributed by atoms with Gasteiger partial charge in [0.05, 0.1) is 0 Å². The molecule has 0 unspecified atom stereocenters. The van der Waals surface area contributed by atoms with Crippen LogP contribution in [0.3, 0.4) is 0 Å². The lowest BCUT2D eigenvalue weighted by molar-refractivity contribution is 0.377. The van der Waals surface area contributed by atoms with Gasteiger partial charge in [-0.2, -0.15) is 5.10 Å². The van der Waals surface area contributed by atoms with Crippen molar-refractivity contribution in [3.63, 3.8) is 0 Å². The molecule has 0 aliphatic heterocycles. The van der Waals surface area contributed by atoms with Gasteiger partial charge in [-0.1, -0.05) is 12.8 Å². The Labute approximate surface area is 109 Å². The second-order valence-corrected chi connectivity index (χ2v) is 6.04. The van der Waals surface area contributed by atoms with E-state index in [9.17, 15) is 0 Å². The summed E-state index contributed by atoms with van der Waals surface area (Å²) in [6, 6.07) is 0.406. The minimum absolute atomic E-state index is 0.406. The molecule has 2 aliphatic rings. The van der Waals surface area contributed by atoms with E-state index in [1.807, 2.05) is 4.68 Å². The van der Waals surface area contributed by atoms with Crippen molar-refractivity contribution in [2.75, 3.05) is 0 Å². The molecule has 18 heavy (non-hydrogen) atoms. The third kappa shape index (κ3) is 2.30. The van der Waals surface area contributed by atoms with Gasteiger partial charge in [-0.05, 0) is 38.5 Å². The number of rotatable bonds is 2. The summed E-state index contributed by atoms with van der Waals surface area (Å²) in [5.41, 5.74) is 5.98. The number of hydrogen-bond donors (Lipinski definition) is 1. The topological polar surface area (TPSA) is 56.7 Å². The molecule has 0 bridgehead atoms. The zero-order valence-corrected chi connectivity index (χ0v) is 11.3. The molecule has 0 saturated heterocycles. The highest BCUT2D eigenvalue weighted by Gasteiger charge is 2.27. The van der Waals surface area contributed by atoms with E-state index >= 15 is 0 Å². The van der Waals surface area contributed by atoms with Crippen LogP contribution in [0, 0.1) is 0 Å². The van der Waals surface area contributed by atoms with Crippen LogP contribution in [-0.4, -0.2) is 20.8 Å². The largest absolute Gasteiger partial charge is 0.328 e. The zero-order chi connectivity index (χ0) is 12.5. The first-order chi connectivity index (χ1) is 8.74. The minimum Gasteiger partial charge on any atom is -0.328 e. The molecule has 0 radical (unpaired) electrons. The molecule has 1 heterocycles. The summed E-state index contributed by atoms with van der Waals surface area (Å²) in [5, 5.41) is 4.66. The van der Waals surface area contributed by atoms with Gasteiger partial charge in [-0.3, -0.25) is 4.68 Å². The van der Waals surface area contributed by atoms with Gasteiger partial charge in [0, 0.05) is 24.9 Å². The first-order valence-corrected chi connectivity index (χ1v) is 7.40. The van der Waals surface area contributed by atoms with E-state index in [1.165, 1.54) is 44.3 Å². The highest BCUT2D eigenvalue weighted by atomic mass is 15.3. The van der Waals surface area contributed by atoms with Crippen molar-refractivity contribution in [3.05, 3.63) is 11.6 Å². The van der Waals surface area contributed by atoms with Gasteiger partial charge in [-0.25, -0.2) is 4.98 Å². The van der Waals surface area contributed by atoms with Crippen LogP contribution in [0.2, 0.25) is 0 Å². The maximum absolute atomic E-state index is 5.98. The summed E-state index contributed by atoms with van der Waals surface area (Å²) in [7, 11) is 2.05. The van der Waals surface area contributed by atoms with Gasteiger partial charge in [-0.15, -0.1) is 0 Å². The van der Waals surface area contributed by atoms with Gasteiger partial charge in [0.25, 0.3) is 0 Å². The number of nitrogens with zero attached hydrogens (tertiary/aromatic N) is 3. The first-order valence-electron chi connectivity index (χ1n) is 7.40. The Morgan fingerprint density at radius 3 is 2.33 bits per heavy atom. The van der Waals surface area contributed by atoms with Gasteiger partial charge >= 0.3 is 0 Å². The normalized spacial score (nSPS) is 29.9. The number of nitrogens with two attached hydrogens (primary N) is 1. The van der Waals surface area contributed by atoms with Crippen LogP contribution < -0.4 is 5.73 Å². The molecule has 100 valence electrons. The Kier molecular flexibility index (Phi) is 3.37. The Bertz CT molecular complexity index is 398. The summed E-state index contributed by atoms with van der Waals surface area (Å²) in [6.07, 6.45) is 9.87. The molecule has 2 fully saturated rings. The van der Waals surface area contributed by atoms with Crippen molar-refractivity contribution in [2.45, 2.75) is 69.2 Å². The Hall–Kier alpha value is -0.900. The summed E-state index contributed by atoms with van der Waals surface area (Å²) in [5.74, 6) is 3.50. The molecule has 0 spiro atoms. The molecule has 0 aromatic carbocycles. The van der Waals surface area contributed by atoms with Gasteiger partial charge < -0.3 is 5.73 Å². The molecule has 0 amide bonds. The zero-order valence-electron chi connectivity index (χ0n) is 11.3. The molecule has 1 aromatic rings.